The van der Waals surface area contributed by atoms with Crippen LogP contribution in [0.4, 0.5) is 14.5 Å². The molecule has 4 heteroatoms. The predicted molar refractivity (Wildman–Crippen MR) is 42.5 cm³/mol. The van der Waals surface area contributed by atoms with Gasteiger partial charge in [-0.25, -0.2) is 4.39 Å². The first-order valence-corrected chi connectivity index (χ1v) is 3.40. The minimum absolute atomic E-state index is 0.0978. The average molecular weight is 173 g/mol. The van der Waals surface area contributed by atoms with Crippen LogP contribution < -0.4 is 10.1 Å². The van der Waals surface area contributed by atoms with Crippen LogP contribution >= 0.6 is 0 Å². The number of methoxy groups -OCH3 is 1. The van der Waals surface area contributed by atoms with E-state index in [2.05, 4.69) is 10.1 Å². The maximum atomic E-state index is 12.8. The third kappa shape index (κ3) is 1.47. The molecule has 0 spiro atoms. The molecule has 0 amide bonds. The Bertz CT molecular complexity index is 289. The van der Waals surface area contributed by atoms with E-state index in [0.717, 1.165) is 6.07 Å². The van der Waals surface area contributed by atoms with Crippen molar-refractivity contribution in [2.45, 2.75) is 0 Å². The van der Waals surface area contributed by atoms with Crippen molar-refractivity contribution in [1.82, 2.24) is 0 Å². The summed E-state index contributed by atoms with van der Waals surface area (Å²) >= 11 is 0. The molecule has 0 saturated carbocycles. The molecule has 0 fully saturated rings. The van der Waals surface area contributed by atoms with Crippen LogP contribution in [0, 0.1) is 11.6 Å². The summed E-state index contributed by atoms with van der Waals surface area (Å²) in [6, 6.07) is 2.45. The molecule has 0 aliphatic heterocycles. The van der Waals surface area contributed by atoms with E-state index in [0.29, 0.717) is 5.69 Å². The van der Waals surface area contributed by atoms with E-state index in [4.69, 9.17) is 0 Å². The Morgan fingerprint density at radius 2 is 2.00 bits per heavy atom. The largest absolute Gasteiger partial charge is 0.493 e. The van der Waals surface area contributed by atoms with Gasteiger partial charge in [0.25, 0.3) is 0 Å². The summed E-state index contributed by atoms with van der Waals surface area (Å²) in [6.07, 6.45) is 0. The number of nitrogens with one attached hydrogen (secondary N) is 1. The van der Waals surface area contributed by atoms with Crippen LogP contribution in [-0.4, -0.2) is 14.2 Å². The van der Waals surface area contributed by atoms with Crippen LogP contribution in [0.1, 0.15) is 0 Å². The second-order valence-electron chi connectivity index (χ2n) is 2.22. The number of hydrogen-bond acceptors (Lipinski definition) is 2. The second-order valence-corrected chi connectivity index (χ2v) is 2.22. The Morgan fingerprint density at radius 1 is 1.33 bits per heavy atom. The van der Waals surface area contributed by atoms with Gasteiger partial charge < -0.3 is 10.1 Å². The molecule has 1 aromatic carbocycles. The molecule has 12 heavy (non-hydrogen) atoms. The van der Waals surface area contributed by atoms with E-state index in [9.17, 15) is 8.78 Å². The first-order valence-electron chi connectivity index (χ1n) is 3.40. The summed E-state index contributed by atoms with van der Waals surface area (Å²) < 4.78 is 30.1. The lowest BCUT2D eigenvalue weighted by atomic mass is 10.3. The first kappa shape index (κ1) is 8.77. The van der Waals surface area contributed by atoms with Crippen molar-refractivity contribution in [2.75, 3.05) is 19.5 Å². The number of rotatable bonds is 2. The zero-order valence-corrected chi connectivity index (χ0v) is 6.82. The fourth-order valence-corrected chi connectivity index (χ4v) is 0.857. The quantitative estimate of drug-likeness (QED) is 0.738. The van der Waals surface area contributed by atoms with Crippen LogP contribution in [0.2, 0.25) is 0 Å². The Hall–Kier alpha value is -1.32. The first-order chi connectivity index (χ1) is 5.69. The normalized spacial score (nSPS) is 9.67. The number of anilines is 1. The molecule has 0 aliphatic carbocycles. The molecule has 0 saturated heterocycles. The number of benzene rings is 1. The van der Waals surface area contributed by atoms with Gasteiger partial charge in [-0.3, -0.25) is 0 Å². The molecule has 1 N–H and O–H groups in total. The molecule has 0 heterocycles. The van der Waals surface area contributed by atoms with Gasteiger partial charge in [0.05, 0.1) is 7.11 Å². The molecular weight excluding hydrogens is 164 g/mol. The monoisotopic (exact) mass is 173 g/mol. The minimum Gasteiger partial charge on any atom is -0.493 e. The molecular formula is C8H9F2NO. The lowest BCUT2D eigenvalue weighted by Crippen LogP contribution is -1.95. The smallest absolute Gasteiger partial charge is 0.200 e. The van der Waals surface area contributed by atoms with Crippen LogP contribution in [0.15, 0.2) is 12.1 Å². The fourth-order valence-electron chi connectivity index (χ4n) is 0.857. The fraction of sp³-hybridized carbons (Fsp3) is 0.250. The van der Waals surface area contributed by atoms with E-state index in [1.807, 2.05) is 0 Å². The van der Waals surface area contributed by atoms with Crippen molar-refractivity contribution in [1.29, 1.82) is 0 Å². The molecule has 0 atom stereocenters. The van der Waals surface area contributed by atoms with Gasteiger partial charge in [-0.1, -0.05) is 0 Å². The van der Waals surface area contributed by atoms with Gasteiger partial charge in [-0.2, -0.15) is 4.39 Å². The molecule has 1 rings (SSSR count). The summed E-state index contributed by atoms with van der Waals surface area (Å²) in [5.41, 5.74) is 0.478. The van der Waals surface area contributed by atoms with Crippen LogP contribution in [0.25, 0.3) is 0 Å². The lowest BCUT2D eigenvalue weighted by Gasteiger charge is -2.05. The number of ether oxygens (including phenoxy) is 1. The highest BCUT2D eigenvalue weighted by atomic mass is 19.2. The van der Waals surface area contributed by atoms with E-state index in [1.165, 1.54) is 13.2 Å². The highest BCUT2D eigenvalue weighted by Crippen LogP contribution is 2.24. The van der Waals surface area contributed by atoms with Gasteiger partial charge >= 0.3 is 0 Å². The summed E-state index contributed by atoms with van der Waals surface area (Å²) in [4.78, 5) is 0. The van der Waals surface area contributed by atoms with Gasteiger partial charge in [0.1, 0.15) is 0 Å². The standard InChI is InChI=1S/C8H9F2NO/c1-11-5-3-6(9)8(10)7(4-5)12-2/h3-4,11H,1-2H3. The molecule has 0 aliphatic rings. The van der Waals surface area contributed by atoms with Crippen LogP contribution in [0.3, 0.4) is 0 Å². The molecule has 0 radical (unpaired) electrons. The Morgan fingerprint density at radius 3 is 2.50 bits per heavy atom. The van der Waals surface area contributed by atoms with Gasteiger partial charge in [0.15, 0.2) is 11.6 Å². The Labute approximate surface area is 69.2 Å². The molecule has 1 aromatic rings. The minimum atomic E-state index is -0.962. The summed E-state index contributed by atoms with van der Waals surface area (Å²) in [5.74, 6) is -1.98. The summed E-state index contributed by atoms with van der Waals surface area (Å²) in [7, 11) is 2.91. The van der Waals surface area contributed by atoms with Gasteiger partial charge in [0.2, 0.25) is 5.82 Å². The highest BCUT2D eigenvalue weighted by molar-refractivity contribution is 5.48. The predicted octanol–water partition coefficient (Wildman–Crippen LogP) is 2.02. The van der Waals surface area contributed by atoms with Crippen molar-refractivity contribution in [2.24, 2.45) is 0 Å². The maximum absolute atomic E-state index is 12.8. The van der Waals surface area contributed by atoms with Crippen molar-refractivity contribution in [3.8, 4) is 5.75 Å². The van der Waals surface area contributed by atoms with Crippen molar-refractivity contribution < 1.29 is 13.5 Å². The van der Waals surface area contributed by atoms with Gasteiger partial charge in [-0.05, 0) is 0 Å². The molecule has 0 bridgehead atoms. The van der Waals surface area contributed by atoms with E-state index >= 15 is 0 Å². The molecule has 2 nitrogen and oxygen atoms in total. The number of hydrogen-bond donors (Lipinski definition) is 1. The molecule has 0 unspecified atom stereocenters. The van der Waals surface area contributed by atoms with Crippen molar-refractivity contribution in [3.63, 3.8) is 0 Å². The van der Waals surface area contributed by atoms with Crippen molar-refractivity contribution >= 4 is 5.69 Å². The van der Waals surface area contributed by atoms with Gasteiger partial charge in [-0.15, -0.1) is 0 Å². The Balaban J connectivity index is 3.19. The SMILES string of the molecule is CNc1cc(F)c(F)c(OC)c1. The molecule has 0 aromatic heterocycles. The maximum Gasteiger partial charge on any atom is 0.200 e. The third-order valence-corrected chi connectivity index (χ3v) is 1.50. The van der Waals surface area contributed by atoms with Crippen LogP contribution in [-0.2, 0) is 0 Å². The van der Waals surface area contributed by atoms with Crippen LogP contribution in [0.5, 0.6) is 5.75 Å². The number of halogens is 2. The summed E-state index contributed by atoms with van der Waals surface area (Å²) in [5, 5.41) is 2.68. The molecule has 66 valence electrons. The Kier molecular flexibility index (Phi) is 2.47. The van der Waals surface area contributed by atoms with Crippen molar-refractivity contribution in [3.05, 3.63) is 23.8 Å². The van der Waals surface area contributed by atoms with E-state index < -0.39 is 11.6 Å². The third-order valence-electron chi connectivity index (χ3n) is 1.50. The average Bonchev–Trinajstić information content (AvgIpc) is 2.09. The zero-order valence-electron chi connectivity index (χ0n) is 6.82. The zero-order chi connectivity index (χ0) is 9.14. The van der Waals surface area contributed by atoms with E-state index in [1.54, 1.807) is 7.05 Å². The highest BCUT2D eigenvalue weighted by Gasteiger charge is 2.09. The van der Waals surface area contributed by atoms with Gasteiger partial charge in [0, 0.05) is 24.9 Å². The topological polar surface area (TPSA) is 21.3 Å². The summed E-state index contributed by atoms with van der Waals surface area (Å²) in [6.45, 7) is 0. The second kappa shape index (κ2) is 3.38. The lowest BCUT2D eigenvalue weighted by molar-refractivity contribution is 0.372. The van der Waals surface area contributed by atoms with E-state index in [-0.39, 0.29) is 5.75 Å².